The number of benzene rings is 2. The van der Waals surface area contributed by atoms with Crippen molar-refractivity contribution in [1.29, 1.82) is 0 Å². The predicted octanol–water partition coefficient (Wildman–Crippen LogP) is 2.24. The number of hydrogen-bond donors (Lipinski definition) is 0. The van der Waals surface area contributed by atoms with Gasteiger partial charge in [-0.05, 0) is 36.2 Å². The highest BCUT2D eigenvalue weighted by Crippen LogP contribution is 2.22. The van der Waals surface area contributed by atoms with Gasteiger partial charge in [0.05, 0.1) is 11.1 Å². The van der Waals surface area contributed by atoms with E-state index in [1.165, 1.54) is 0 Å². The molecule has 0 N–H and O–H groups in total. The molecule has 1 fully saturated rings. The van der Waals surface area contributed by atoms with Gasteiger partial charge in [-0.15, -0.1) is 0 Å². The molecule has 0 atom stereocenters. The number of carbonyl (C=O) groups is 4. The van der Waals surface area contributed by atoms with E-state index in [1.807, 2.05) is 12.1 Å². The first-order chi connectivity index (χ1) is 14.9. The summed E-state index contributed by atoms with van der Waals surface area (Å²) in [6.45, 7) is 1.36. The van der Waals surface area contributed by atoms with Crippen LogP contribution in [0, 0.1) is 0 Å². The van der Waals surface area contributed by atoms with Gasteiger partial charge in [0.25, 0.3) is 11.8 Å². The second-order valence-electron chi connectivity index (χ2n) is 7.63. The highest BCUT2D eigenvalue weighted by molar-refractivity contribution is 6.30. The zero-order valence-corrected chi connectivity index (χ0v) is 17.7. The van der Waals surface area contributed by atoms with Gasteiger partial charge in [0.1, 0.15) is 6.54 Å². The number of piperazine rings is 1. The molecule has 2 aliphatic rings. The minimum absolute atomic E-state index is 0.0439. The second-order valence-corrected chi connectivity index (χ2v) is 8.07. The Labute approximate surface area is 185 Å². The Hall–Kier alpha value is -3.19. The number of hydrogen-bond acceptors (Lipinski definition) is 4. The molecule has 2 aromatic carbocycles. The first-order valence-corrected chi connectivity index (χ1v) is 10.6. The minimum Gasteiger partial charge on any atom is -0.339 e. The summed E-state index contributed by atoms with van der Waals surface area (Å²) >= 11 is 5.88. The van der Waals surface area contributed by atoms with Gasteiger partial charge in [0.15, 0.2) is 0 Å². The van der Waals surface area contributed by atoms with Crippen LogP contribution in [-0.2, 0) is 16.0 Å². The molecule has 0 radical (unpaired) electrons. The van der Waals surface area contributed by atoms with E-state index in [0.29, 0.717) is 55.2 Å². The number of carbonyl (C=O) groups excluding carboxylic acids is 4. The van der Waals surface area contributed by atoms with Crippen molar-refractivity contribution in [2.24, 2.45) is 0 Å². The van der Waals surface area contributed by atoms with E-state index in [9.17, 15) is 19.2 Å². The molecule has 160 valence electrons. The molecule has 0 spiro atoms. The van der Waals surface area contributed by atoms with Crippen molar-refractivity contribution < 1.29 is 19.2 Å². The number of nitrogens with zero attached hydrogens (tertiary/aromatic N) is 3. The normalized spacial score (nSPS) is 16.0. The lowest BCUT2D eigenvalue weighted by molar-refractivity contribution is -0.139. The molecule has 31 heavy (non-hydrogen) atoms. The van der Waals surface area contributed by atoms with Crippen LogP contribution in [0.15, 0.2) is 48.5 Å². The number of amides is 4. The van der Waals surface area contributed by atoms with Gasteiger partial charge in [-0.3, -0.25) is 24.1 Å². The first kappa shape index (κ1) is 21.1. The lowest BCUT2D eigenvalue weighted by atomic mass is 10.1. The van der Waals surface area contributed by atoms with Crippen molar-refractivity contribution in [3.63, 3.8) is 0 Å². The highest BCUT2D eigenvalue weighted by atomic mass is 35.5. The molecule has 0 unspecified atom stereocenters. The van der Waals surface area contributed by atoms with Gasteiger partial charge in [-0.2, -0.15) is 0 Å². The SMILES string of the molecule is O=C(CCc1ccc(Cl)cc1)N1CCN(C(=O)CN2C(=O)c3ccccc3C2=O)CC1. The van der Waals surface area contributed by atoms with Gasteiger partial charge in [-0.25, -0.2) is 0 Å². The fourth-order valence-corrected chi connectivity index (χ4v) is 4.01. The van der Waals surface area contributed by atoms with Crippen molar-refractivity contribution in [2.75, 3.05) is 32.7 Å². The second kappa shape index (κ2) is 8.89. The average Bonchev–Trinajstić information content (AvgIpc) is 3.03. The highest BCUT2D eigenvalue weighted by Gasteiger charge is 2.37. The summed E-state index contributed by atoms with van der Waals surface area (Å²) in [5.74, 6) is -1.12. The molecule has 7 nitrogen and oxygen atoms in total. The zero-order valence-electron chi connectivity index (χ0n) is 16.9. The van der Waals surface area contributed by atoms with Gasteiger partial charge in [-0.1, -0.05) is 35.9 Å². The van der Waals surface area contributed by atoms with Crippen LogP contribution in [0.5, 0.6) is 0 Å². The maximum absolute atomic E-state index is 12.7. The quantitative estimate of drug-likeness (QED) is 0.669. The van der Waals surface area contributed by atoms with Crippen LogP contribution in [0.1, 0.15) is 32.7 Å². The van der Waals surface area contributed by atoms with Crippen molar-refractivity contribution in [3.8, 4) is 0 Å². The summed E-state index contributed by atoms with van der Waals surface area (Å²) < 4.78 is 0. The lowest BCUT2D eigenvalue weighted by Crippen LogP contribution is -2.53. The Bertz CT molecular complexity index is 994. The van der Waals surface area contributed by atoms with E-state index in [4.69, 9.17) is 11.6 Å². The topological polar surface area (TPSA) is 78.0 Å². The number of rotatable bonds is 5. The maximum atomic E-state index is 12.7. The van der Waals surface area contributed by atoms with Gasteiger partial charge >= 0.3 is 0 Å². The first-order valence-electron chi connectivity index (χ1n) is 10.2. The van der Waals surface area contributed by atoms with Crippen LogP contribution in [0.4, 0.5) is 0 Å². The molecular formula is C23H22ClN3O4. The molecule has 2 heterocycles. The largest absolute Gasteiger partial charge is 0.339 e. The summed E-state index contributed by atoms with van der Waals surface area (Å²) in [6.07, 6.45) is 1.03. The summed E-state index contributed by atoms with van der Waals surface area (Å²) in [5, 5.41) is 0.664. The monoisotopic (exact) mass is 439 g/mol. The van der Waals surface area contributed by atoms with Gasteiger partial charge < -0.3 is 9.80 Å². The molecule has 0 aliphatic carbocycles. The molecule has 0 saturated carbocycles. The van der Waals surface area contributed by atoms with E-state index >= 15 is 0 Å². The van der Waals surface area contributed by atoms with Crippen molar-refractivity contribution in [1.82, 2.24) is 14.7 Å². The van der Waals surface area contributed by atoms with Crippen molar-refractivity contribution in [2.45, 2.75) is 12.8 Å². The van der Waals surface area contributed by atoms with Gasteiger partial charge in [0, 0.05) is 37.6 Å². The molecule has 2 aromatic rings. The lowest BCUT2D eigenvalue weighted by Gasteiger charge is -2.35. The third-order valence-corrected chi connectivity index (χ3v) is 5.95. The smallest absolute Gasteiger partial charge is 0.262 e. The Morgan fingerprint density at radius 3 is 1.84 bits per heavy atom. The number of aryl methyl sites for hydroxylation is 1. The van der Waals surface area contributed by atoms with Crippen LogP contribution in [-0.4, -0.2) is 71.1 Å². The van der Waals surface area contributed by atoms with Crippen LogP contribution < -0.4 is 0 Å². The van der Waals surface area contributed by atoms with Gasteiger partial charge in [0.2, 0.25) is 11.8 Å². The van der Waals surface area contributed by atoms with Crippen molar-refractivity contribution >= 4 is 35.2 Å². The third kappa shape index (κ3) is 4.46. The number of fused-ring (bicyclic) bond motifs is 1. The Kier molecular flexibility index (Phi) is 6.04. The van der Waals surface area contributed by atoms with Crippen LogP contribution in [0.25, 0.3) is 0 Å². The van der Waals surface area contributed by atoms with Crippen LogP contribution in [0.3, 0.4) is 0 Å². The van der Waals surface area contributed by atoms with E-state index in [1.54, 1.807) is 46.2 Å². The molecule has 1 saturated heterocycles. The summed E-state index contributed by atoms with van der Waals surface area (Å²) in [5.41, 5.74) is 1.71. The Morgan fingerprint density at radius 2 is 1.29 bits per heavy atom. The minimum atomic E-state index is -0.440. The molecular weight excluding hydrogens is 418 g/mol. The van der Waals surface area contributed by atoms with Crippen LogP contribution >= 0.6 is 11.6 Å². The molecule has 0 bridgehead atoms. The molecule has 0 aromatic heterocycles. The standard InChI is InChI=1S/C23H22ClN3O4/c24-17-8-5-16(6-9-17)7-10-20(28)25-11-13-26(14-12-25)21(29)15-27-22(30)18-3-1-2-4-19(18)23(27)31/h1-6,8-9H,7,10-15H2. The fourth-order valence-electron chi connectivity index (χ4n) is 3.88. The van der Waals surface area contributed by atoms with Crippen LogP contribution in [0.2, 0.25) is 5.02 Å². The summed E-state index contributed by atoms with van der Waals surface area (Å²) in [4.78, 5) is 54.4. The third-order valence-electron chi connectivity index (χ3n) is 5.70. The summed E-state index contributed by atoms with van der Waals surface area (Å²) in [6, 6.07) is 14.0. The molecule has 4 amide bonds. The summed E-state index contributed by atoms with van der Waals surface area (Å²) in [7, 11) is 0. The van der Waals surface area contributed by atoms with E-state index in [-0.39, 0.29) is 18.4 Å². The average molecular weight is 440 g/mol. The molecule has 8 heteroatoms. The Balaban J connectivity index is 1.26. The van der Waals surface area contributed by atoms with E-state index in [2.05, 4.69) is 0 Å². The predicted molar refractivity (Wildman–Crippen MR) is 115 cm³/mol. The van der Waals surface area contributed by atoms with E-state index in [0.717, 1.165) is 10.5 Å². The molecule has 2 aliphatic heterocycles. The fraction of sp³-hybridized carbons (Fsp3) is 0.304. The van der Waals surface area contributed by atoms with E-state index < -0.39 is 11.8 Å². The van der Waals surface area contributed by atoms with Crippen molar-refractivity contribution in [3.05, 3.63) is 70.2 Å². The number of imide groups is 1. The molecule has 4 rings (SSSR count). The number of halogens is 1. The zero-order chi connectivity index (χ0) is 22.0. The Morgan fingerprint density at radius 1 is 0.774 bits per heavy atom. The maximum Gasteiger partial charge on any atom is 0.262 e.